The van der Waals surface area contributed by atoms with Crippen LogP contribution in [0.15, 0.2) is 48.9 Å². The van der Waals surface area contributed by atoms with Gasteiger partial charge in [-0.15, -0.1) is 0 Å². The average molecular weight is 599 g/mol. The molecule has 0 saturated carbocycles. The van der Waals surface area contributed by atoms with Crippen LogP contribution in [0.4, 0.5) is 18.0 Å². The van der Waals surface area contributed by atoms with Crippen molar-refractivity contribution in [2.24, 2.45) is 11.8 Å². The summed E-state index contributed by atoms with van der Waals surface area (Å²) in [5.74, 6) is -0.306. The second kappa shape index (κ2) is 12.3. The molecule has 0 spiro atoms. The number of ether oxygens (including phenoxy) is 1. The number of carbonyl (C=O) groups is 2. The number of amides is 2. The first kappa shape index (κ1) is 30.4. The highest BCUT2D eigenvalue weighted by atomic mass is 19.4. The van der Waals surface area contributed by atoms with Crippen molar-refractivity contribution in [3.05, 3.63) is 65.7 Å². The minimum absolute atomic E-state index is 0.0190. The van der Waals surface area contributed by atoms with Gasteiger partial charge in [0.1, 0.15) is 6.54 Å². The molecule has 4 aromatic rings. The third kappa shape index (κ3) is 6.62. The van der Waals surface area contributed by atoms with Gasteiger partial charge in [0.25, 0.3) is 0 Å². The van der Waals surface area contributed by atoms with E-state index >= 15 is 0 Å². The van der Waals surface area contributed by atoms with Gasteiger partial charge in [-0.25, -0.2) is 14.8 Å². The zero-order valence-electron chi connectivity index (χ0n) is 24.8. The fourth-order valence-electron chi connectivity index (χ4n) is 5.87. The normalized spacial score (nSPS) is 18.1. The molecule has 0 radical (unpaired) electrons. The van der Waals surface area contributed by atoms with E-state index in [1.165, 1.54) is 10.5 Å². The van der Waals surface area contributed by atoms with Crippen LogP contribution in [-0.4, -0.2) is 61.6 Å². The van der Waals surface area contributed by atoms with Gasteiger partial charge in [0, 0.05) is 37.1 Å². The van der Waals surface area contributed by atoms with Gasteiger partial charge in [0.05, 0.1) is 17.6 Å². The van der Waals surface area contributed by atoms with Gasteiger partial charge in [-0.05, 0) is 42.4 Å². The van der Waals surface area contributed by atoms with E-state index in [4.69, 9.17) is 4.74 Å². The Morgan fingerprint density at radius 2 is 1.81 bits per heavy atom. The van der Waals surface area contributed by atoms with Gasteiger partial charge in [0.15, 0.2) is 18.0 Å². The van der Waals surface area contributed by atoms with Gasteiger partial charge in [-0.2, -0.15) is 13.2 Å². The number of hydrogen-bond donors (Lipinski definition) is 1. The van der Waals surface area contributed by atoms with E-state index in [2.05, 4.69) is 35.9 Å². The molecule has 0 bridgehead atoms. The molecule has 3 atom stereocenters. The summed E-state index contributed by atoms with van der Waals surface area (Å²) in [5.41, 5.74) is 4.93. The first-order valence-corrected chi connectivity index (χ1v) is 14.6. The Morgan fingerprint density at radius 1 is 1.07 bits per heavy atom. The summed E-state index contributed by atoms with van der Waals surface area (Å²) in [6, 6.07) is 9.20. The van der Waals surface area contributed by atoms with E-state index < -0.39 is 24.7 Å². The molecule has 230 valence electrons. The zero-order chi connectivity index (χ0) is 30.9. The van der Waals surface area contributed by atoms with Crippen LogP contribution in [0.5, 0.6) is 0 Å². The summed E-state index contributed by atoms with van der Waals surface area (Å²) in [4.78, 5) is 35.9. The molecular weight excluding hydrogens is 561 g/mol. The Balaban J connectivity index is 1.31. The SMILES string of the molecule is CC[C@@H]1CN(C(=O)NCC(F)(F)F)C[C@@H]1c1cnc2cnc3c(ccn3COC(=O)[C@@H](C)c3ccc(CC(C)C)cc3)n12. The number of esters is 1. The summed E-state index contributed by atoms with van der Waals surface area (Å²) < 4.78 is 47.4. The maximum absolute atomic E-state index is 12.9. The van der Waals surface area contributed by atoms with Gasteiger partial charge in [-0.3, -0.25) is 13.8 Å². The second-order valence-electron chi connectivity index (χ2n) is 11.7. The maximum atomic E-state index is 12.9. The molecule has 43 heavy (non-hydrogen) atoms. The zero-order valence-corrected chi connectivity index (χ0v) is 24.8. The number of halogens is 3. The Morgan fingerprint density at radius 3 is 2.49 bits per heavy atom. The van der Waals surface area contributed by atoms with Crippen molar-refractivity contribution in [1.29, 1.82) is 0 Å². The molecule has 1 fully saturated rings. The van der Waals surface area contributed by atoms with Gasteiger partial charge >= 0.3 is 18.2 Å². The number of benzene rings is 1. The van der Waals surface area contributed by atoms with Crippen molar-refractivity contribution in [3.8, 4) is 0 Å². The van der Waals surface area contributed by atoms with Crippen LogP contribution in [0, 0.1) is 11.8 Å². The Bertz CT molecular complexity index is 1590. The number of aromatic nitrogens is 4. The Kier molecular flexibility index (Phi) is 8.66. The van der Waals surface area contributed by atoms with Crippen LogP contribution in [0.2, 0.25) is 0 Å². The number of urea groups is 1. The van der Waals surface area contributed by atoms with E-state index in [1.54, 1.807) is 23.2 Å². The number of nitrogens with zero attached hydrogens (tertiary/aromatic N) is 5. The Labute approximate surface area is 248 Å². The van der Waals surface area contributed by atoms with E-state index in [-0.39, 0.29) is 31.1 Å². The van der Waals surface area contributed by atoms with Gasteiger partial charge in [0.2, 0.25) is 0 Å². The van der Waals surface area contributed by atoms with E-state index in [0.717, 1.165) is 29.6 Å². The molecule has 1 N–H and O–H groups in total. The lowest BCUT2D eigenvalue weighted by Crippen LogP contribution is -2.42. The fraction of sp³-hybridized carbons (Fsp3) is 0.484. The van der Waals surface area contributed by atoms with Crippen LogP contribution < -0.4 is 5.32 Å². The van der Waals surface area contributed by atoms with E-state index in [1.807, 2.05) is 41.8 Å². The molecule has 1 aliphatic rings. The molecule has 4 heterocycles. The lowest BCUT2D eigenvalue weighted by Gasteiger charge is -2.18. The quantitative estimate of drug-likeness (QED) is 0.243. The number of fused-ring (bicyclic) bond motifs is 3. The number of imidazole rings is 1. The van der Waals surface area contributed by atoms with Crippen LogP contribution in [-0.2, 0) is 22.7 Å². The van der Waals surface area contributed by atoms with E-state index in [9.17, 15) is 22.8 Å². The lowest BCUT2D eigenvalue weighted by atomic mass is 9.91. The molecule has 0 aliphatic carbocycles. The highest BCUT2D eigenvalue weighted by molar-refractivity contribution is 5.78. The Hall–Kier alpha value is -4.09. The number of likely N-dealkylation sites (tertiary alicyclic amines) is 1. The molecule has 5 rings (SSSR count). The van der Waals surface area contributed by atoms with Crippen molar-refractivity contribution in [2.45, 2.75) is 65.3 Å². The molecule has 1 aliphatic heterocycles. The molecule has 1 aromatic carbocycles. The number of alkyl halides is 3. The number of carbonyl (C=O) groups excluding carboxylic acids is 2. The minimum Gasteiger partial charge on any atom is -0.443 e. The summed E-state index contributed by atoms with van der Waals surface area (Å²) >= 11 is 0. The van der Waals surface area contributed by atoms with Crippen molar-refractivity contribution in [3.63, 3.8) is 0 Å². The molecule has 12 heteroatoms. The van der Waals surface area contributed by atoms with Crippen LogP contribution in [0.25, 0.3) is 16.8 Å². The van der Waals surface area contributed by atoms with Crippen molar-refractivity contribution in [2.75, 3.05) is 19.6 Å². The smallest absolute Gasteiger partial charge is 0.405 e. The minimum atomic E-state index is -4.47. The molecule has 0 unspecified atom stereocenters. The molecule has 9 nitrogen and oxygen atoms in total. The second-order valence-corrected chi connectivity index (χ2v) is 11.7. The first-order chi connectivity index (χ1) is 20.4. The summed E-state index contributed by atoms with van der Waals surface area (Å²) in [6.07, 6.45) is 2.42. The van der Waals surface area contributed by atoms with Gasteiger partial charge < -0.3 is 15.0 Å². The third-order valence-electron chi connectivity index (χ3n) is 8.17. The first-order valence-electron chi connectivity index (χ1n) is 14.6. The molecule has 3 aromatic heterocycles. The predicted molar refractivity (Wildman–Crippen MR) is 156 cm³/mol. The van der Waals surface area contributed by atoms with Crippen molar-refractivity contribution >= 4 is 28.8 Å². The van der Waals surface area contributed by atoms with Crippen LogP contribution >= 0.6 is 0 Å². The largest absolute Gasteiger partial charge is 0.443 e. The van der Waals surface area contributed by atoms with Crippen molar-refractivity contribution in [1.82, 2.24) is 29.2 Å². The van der Waals surface area contributed by atoms with Crippen LogP contribution in [0.1, 0.15) is 62.8 Å². The lowest BCUT2D eigenvalue weighted by molar-refractivity contribution is -0.148. The van der Waals surface area contributed by atoms with Gasteiger partial charge in [-0.1, -0.05) is 51.5 Å². The fourth-order valence-corrected chi connectivity index (χ4v) is 5.87. The highest BCUT2D eigenvalue weighted by Crippen LogP contribution is 2.36. The standard InChI is InChI=1S/C31H37F3N6O3/c1-5-22-15-39(30(42)37-17-31(32,33)34)16-24(22)26-13-35-27-14-36-28-25(40(26)27)10-11-38(28)18-43-29(41)20(4)23-8-6-21(7-9-23)12-19(2)3/h6-11,13-14,19-20,22,24H,5,12,15-18H2,1-4H3,(H,37,42)/t20-,22+,24-/m0/s1. The number of hydrogen-bond acceptors (Lipinski definition) is 5. The molecule has 1 saturated heterocycles. The molecular formula is C31H37F3N6O3. The number of rotatable bonds is 9. The topological polar surface area (TPSA) is 93.8 Å². The van der Waals surface area contributed by atoms with Crippen LogP contribution in [0.3, 0.4) is 0 Å². The summed E-state index contributed by atoms with van der Waals surface area (Å²) in [5, 5.41) is 1.98. The predicted octanol–water partition coefficient (Wildman–Crippen LogP) is 5.88. The maximum Gasteiger partial charge on any atom is 0.405 e. The van der Waals surface area contributed by atoms with E-state index in [0.29, 0.717) is 23.8 Å². The monoisotopic (exact) mass is 598 g/mol. The third-order valence-corrected chi connectivity index (χ3v) is 8.17. The number of nitrogens with one attached hydrogen (secondary N) is 1. The molecule has 2 amide bonds. The average Bonchev–Trinajstić information content (AvgIpc) is 3.70. The highest BCUT2D eigenvalue weighted by Gasteiger charge is 2.38. The van der Waals surface area contributed by atoms with Crippen molar-refractivity contribution < 1.29 is 27.5 Å². The summed E-state index contributed by atoms with van der Waals surface area (Å²) in [7, 11) is 0. The summed E-state index contributed by atoms with van der Waals surface area (Å²) in [6.45, 7) is 7.40.